The van der Waals surface area contributed by atoms with Crippen LogP contribution in [0.3, 0.4) is 0 Å². The maximum atomic E-state index is 13.7. The van der Waals surface area contributed by atoms with Gasteiger partial charge in [-0.25, -0.2) is 13.8 Å². The second-order valence-corrected chi connectivity index (χ2v) is 5.55. The summed E-state index contributed by atoms with van der Waals surface area (Å²) >= 11 is 0. The number of rotatable bonds is 6. The van der Waals surface area contributed by atoms with Gasteiger partial charge in [0.1, 0.15) is 23.1 Å². The van der Waals surface area contributed by atoms with Crippen molar-refractivity contribution in [3.8, 4) is 11.5 Å². The van der Waals surface area contributed by atoms with Gasteiger partial charge in [0.05, 0.1) is 14.2 Å². The predicted molar refractivity (Wildman–Crippen MR) is 96.9 cm³/mol. The standard InChI is InChI=1S/C20H16F2N2O3/c1-26-16-8-6-12(10-17(16)27-2)20(25)13-7-9-18(23-11-13)24-19-14(21)4-3-5-15(19)22/h3-11H,1-2H3,(H,23,24). The number of methoxy groups -OCH3 is 2. The van der Waals surface area contributed by atoms with E-state index >= 15 is 0 Å². The smallest absolute Gasteiger partial charge is 0.194 e. The number of anilines is 2. The molecular weight excluding hydrogens is 354 g/mol. The molecule has 2 aromatic carbocycles. The molecule has 0 atom stereocenters. The van der Waals surface area contributed by atoms with E-state index in [1.165, 1.54) is 38.6 Å². The van der Waals surface area contributed by atoms with E-state index in [2.05, 4.69) is 10.3 Å². The van der Waals surface area contributed by atoms with Crippen LogP contribution in [0.5, 0.6) is 11.5 Å². The van der Waals surface area contributed by atoms with Gasteiger partial charge >= 0.3 is 0 Å². The summed E-state index contributed by atoms with van der Waals surface area (Å²) in [5, 5.41) is 2.57. The van der Waals surface area contributed by atoms with E-state index in [0.717, 1.165) is 12.1 Å². The van der Waals surface area contributed by atoms with E-state index in [9.17, 15) is 13.6 Å². The lowest BCUT2D eigenvalue weighted by atomic mass is 10.0. The van der Waals surface area contributed by atoms with E-state index in [4.69, 9.17) is 9.47 Å². The first kappa shape index (κ1) is 18.3. The summed E-state index contributed by atoms with van der Waals surface area (Å²) in [5.74, 6) is -0.581. The van der Waals surface area contributed by atoms with Gasteiger partial charge in [-0.15, -0.1) is 0 Å². The van der Waals surface area contributed by atoms with Crippen LogP contribution in [0.1, 0.15) is 15.9 Å². The van der Waals surface area contributed by atoms with Crippen LogP contribution in [0, 0.1) is 11.6 Å². The highest BCUT2D eigenvalue weighted by Crippen LogP contribution is 2.28. The largest absolute Gasteiger partial charge is 0.493 e. The minimum Gasteiger partial charge on any atom is -0.493 e. The number of hydrogen-bond donors (Lipinski definition) is 1. The van der Waals surface area contributed by atoms with Crippen molar-refractivity contribution in [2.24, 2.45) is 0 Å². The summed E-state index contributed by atoms with van der Waals surface area (Å²) in [4.78, 5) is 16.7. The Kier molecular flexibility index (Phi) is 5.30. The number of hydrogen-bond acceptors (Lipinski definition) is 5. The van der Waals surface area contributed by atoms with Crippen LogP contribution in [-0.4, -0.2) is 25.0 Å². The molecule has 0 bridgehead atoms. The third-order valence-corrected chi connectivity index (χ3v) is 3.89. The number of ether oxygens (including phenoxy) is 2. The highest BCUT2D eigenvalue weighted by Gasteiger charge is 2.14. The summed E-state index contributed by atoms with van der Waals surface area (Å²) < 4.78 is 37.7. The van der Waals surface area contributed by atoms with Crippen LogP contribution >= 0.6 is 0 Å². The molecule has 7 heteroatoms. The maximum absolute atomic E-state index is 13.7. The van der Waals surface area contributed by atoms with Crippen LogP contribution in [0.15, 0.2) is 54.7 Å². The quantitative estimate of drug-likeness (QED) is 0.654. The first-order valence-corrected chi connectivity index (χ1v) is 7.97. The molecule has 1 heterocycles. The number of benzene rings is 2. The van der Waals surface area contributed by atoms with Crippen molar-refractivity contribution >= 4 is 17.3 Å². The highest BCUT2D eigenvalue weighted by atomic mass is 19.1. The lowest BCUT2D eigenvalue weighted by molar-refractivity contribution is 0.103. The Morgan fingerprint density at radius 2 is 1.59 bits per heavy atom. The minimum absolute atomic E-state index is 0.211. The van der Waals surface area contributed by atoms with Crippen molar-refractivity contribution in [2.45, 2.75) is 0 Å². The number of nitrogens with zero attached hydrogens (tertiary/aromatic N) is 1. The highest BCUT2D eigenvalue weighted by molar-refractivity contribution is 6.09. The summed E-state index contributed by atoms with van der Waals surface area (Å²) in [6.07, 6.45) is 1.33. The molecule has 138 valence electrons. The average Bonchev–Trinajstić information content (AvgIpc) is 2.70. The molecule has 0 saturated heterocycles. The summed E-state index contributed by atoms with van der Waals surface area (Å²) in [7, 11) is 2.99. The minimum atomic E-state index is -0.734. The molecule has 0 radical (unpaired) electrons. The van der Waals surface area contributed by atoms with Crippen molar-refractivity contribution in [3.05, 3.63) is 77.5 Å². The molecule has 0 fully saturated rings. The van der Waals surface area contributed by atoms with Crippen LogP contribution in [0.25, 0.3) is 0 Å². The molecule has 0 saturated carbocycles. The van der Waals surface area contributed by atoms with E-state index in [-0.39, 0.29) is 17.3 Å². The molecule has 0 amide bonds. The number of ketones is 1. The first-order valence-electron chi connectivity index (χ1n) is 7.97. The fourth-order valence-electron chi connectivity index (χ4n) is 2.49. The zero-order valence-corrected chi connectivity index (χ0v) is 14.6. The molecular formula is C20H16F2N2O3. The molecule has 27 heavy (non-hydrogen) atoms. The molecule has 0 aliphatic heterocycles. The second kappa shape index (κ2) is 7.82. The van der Waals surface area contributed by atoms with Gasteiger partial charge in [-0.05, 0) is 42.5 Å². The van der Waals surface area contributed by atoms with E-state index in [1.54, 1.807) is 18.2 Å². The van der Waals surface area contributed by atoms with Gasteiger partial charge in [0.2, 0.25) is 0 Å². The van der Waals surface area contributed by atoms with Gasteiger partial charge < -0.3 is 14.8 Å². The van der Waals surface area contributed by atoms with Gasteiger partial charge in [-0.1, -0.05) is 6.07 Å². The number of halogens is 2. The molecule has 0 unspecified atom stereocenters. The van der Waals surface area contributed by atoms with Crippen LogP contribution in [0.2, 0.25) is 0 Å². The molecule has 0 aliphatic carbocycles. The van der Waals surface area contributed by atoms with Gasteiger partial charge in [-0.2, -0.15) is 0 Å². The molecule has 0 spiro atoms. The number of carbonyl (C=O) groups excluding carboxylic acids is 1. The topological polar surface area (TPSA) is 60.5 Å². The Labute approximate surface area is 154 Å². The van der Waals surface area contributed by atoms with Gasteiger partial charge in [0, 0.05) is 17.3 Å². The zero-order valence-electron chi connectivity index (χ0n) is 14.6. The molecule has 3 rings (SSSR count). The SMILES string of the molecule is COc1ccc(C(=O)c2ccc(Nc3c(F)cccc3F)nc2)cc1OC. The first-order chi connectivity index (χ1) is 13.0. The van der Waals surface area contributed by atoms with Gasteiger partial charge in [-0.3, -0.25) is 4.79 Å². The predicted octanol–water partition coefficient (Wildman–Crippen LogP) is 4.35. The van der Waals surface area contributed by atoms with E-state index in [0.29, 0.717) is 22.6 Å². The summed E-state index contributed by atoms with van der Waals surface area (Å²) in [5.41, 5.74) is 0.418. The second-order valence-electron chi connectivity index (χ2n) is 5.55. The number of nitrogens with one attached hydrogen (secondary N) is 1. The fraction of sp³-hybridized carbons (Fsp3) is 0.100. The van der Waals surface area contributed by atoms with Crippen LogP contribution in [-0.2, 0) is 0 Å². The molecule has 0 aliphatic rings. The normalized spacial score (nSPS) is 10.4. The van der Waals surface area contributed by atoms with Gasteiger partial charge in [0.25, 0.3) is 0 Å². The Morgan fingerprint density at radius 3 is 2.19 bits per heavy atom. The third-order valence-electron chi connectivity index (χ3n) is 3.89. The lowest BCUT2D eigenvalue weighted by Gasteiger charge is -2.10. The maximum Gasteiger partial charge on any atom is 0.194 e. The number of pyridine rings is 1. The van der Waals surface area contributed by atoms with Crippen molar-refractivity contribution < 1.29 is 23.0 Å². The van der Waals surface area contributed by atoms with E-state index < -0.39 is 11.6 Å². The average molecular weight is 370 g/mol. The van der Waals surface area contributed by atoms with E-state index in [1.807, 2.05) is 0 Å². The van der Waals surface area contributed by atoms with Crippen LogP contribution < -0.4 is 14.8 Å². The Morgan fingerprint density at radius 1 is 0.926 bits per heavy atom. The zero-order chi connectivity index (χ0) is 19.4. The number of para-hydroxylation sites is 1. The Bertz CT molecular complexity index is 955. The van der Waals surface area contributed by atoms with Crippen molar-refractivity contribution in [1.82, 2.24) is 4.98 Å². The molecule has 5 nitrogen and oxygen atoms in total. The Balaban J connectivity index is 1.82. The third kappa shape index (κ3) is 3.87. The number of carbonyl (C=O) groups is 1. The summed E-state index contributed by atoms with van der Waals surface area (Å²) in [6.45, 7) is 0. The van der Waals surface area contributed by atoms with Crippen molar-refractivity contribution in [2.75, 3.05) is 19.5 Å². The van der Waals surface area contributed by atoms with Crippen LogP contribution in [0.4, 0.5) is 20.3 Å². The lowest BCUT2D eigenvalue weighted by Crippen LogP contribution is -2.04. The monoisotopic (exact) mass is 370 g/mol. The van der Waals surface area contributed by atoms with Crippen molar-refractivity contribution in [3.63, 3.8) is 0 Å². The molecule has 1 N–H and O–H groups in total. The molecule has 3 aromatic rings. The Hall–Kier alpha value is -3.48. The summed E-state index contributed by atoms with van der Waals surface area (Å²) in [6, 6.07) is 11.4. The van der Waals surface area contributed by atoms with Crippen molar-refractivity contribution in [1.29, 1.82) is 0 Å². The fourth-order valence-corrected chi connectivity index (χ4v) is 2.49. The number of aromatic nitrogens is 1. The molecule has 1 aromatic heterocycles. The van der Waals surface area contributed by atoms with Gasteiger partial charge in [0.15, 0.2) is 17.3 Å².